The maximum absolute atomic E-state index is 13.2. The number of nitrogens with zero attached hydrogens (tertiary/aromatic N) is 1. The second-order valence-corrected chi connectivity index (χ2v) is 10.3. The van der Waals surface area contributed by atoms with Gasteiger partial charge in [-0.05, 0) is 87.4 Å². The van der Waals surface area contributed by atoms with Gasteiger partial charge in [-0.2, -0.15) is 0 Å². The van der Waals surface area contributed by atoms with E-state index in [-0.39, 0.29) is 22.7 Å². The van der Waals surface area contributed by atoms with E-state index >= 15 is 0 Å². The van der Waals surface area contributed by atoms with Crippen LogP contribution in [0.3, 0.4) is 0 Å². The zero-order chi connectivity index (χ0) is 19.4. The van der Waals surface area contributed by atoms with Gasteiger partial charge in [0.05, 0.1) is 0 Å². The third-order valence-electron chi connectivity index (χ3n) is 9.47. The highest BCUT2D eigenvalue weighted by Gasteiger charge is 2.61. The second kappa shape index (κ2) is 6.77. The minimum atomic E-state index is 0.182. The van der Waals surface area contributed by atoms with Crippen LogP contribution in [-0.2, 0) is 9.59 Å². The Morgan fingerprint density at radius 2 is 1.70 bits per heavy atom. The van der Waals surface area contributed by atoms with Gasteiger partial charge >= 0.3 is 0 Å². The van der Waals surface area contributed by atoms with E-state index in [0.29, 0.717) is 24.3 Å². The molecule has 7 atom stereocenters. The molecule has 4 nitrogen and oxygen atoms in total. The third-order valence-corrected chi connectivity index (χ3v) is 9.47. The summed E-state index contributed by atoms with van der Waals surface area (Å²) in [5, 5.41) is 3.32. The topological polar surface area (TPSA) is 49.4 Å². The van der Waals surface area contributed by atoms with E-state index in [1.165, 1.54) is 25.7 Å². The van der Waals surface area contributed by atoms with E-state index in [2.05, 4.69) is 37.9 Å². The predicted octanol–water partition coefficient (Wildman–Crippen LogP) is 3.99. The largest absolute Gasteiger partial charge is 0.353 e. The first-order chi connectivity index (χ1) is 12.8. The summed E-state index contributed by atoms with van der Waals surface area (Å²) in [6.45, 7) is 10.8. The molecule has 152 valence electrons. The molecule has 0 aromatic rings. The molecule has 3 aliphatic carbocycles. The van der Waals surface area contributed by atoms with Gasteiger partial charge in [-0.25, -0.2) is 0 Å². The summed E-state index contributed by atoms with van der Waals surface area (Å²) in [7, 11) is 0. The number of amides is 2. The van der Waals surface area contributed by atoms with Crippen LogP contribution in [0.4, 0.5) is 0 Å². The minimum Gasteiger partial charge on any atom is -0.353 e. The number of hydrogen-bond acceptors (Lipinski definition) is 2. The van der Waals surface area contributed by atoms with Crippen LogP contribution in [-0.4, -0.2) is 35.8 Å². The fourth-order valence-corrected chi connectivity index (χ4v) is 7.86. The van der Waals surface area contributed by atoms with Gasteiger partial charge in [0, 0.05) is 31.5 Å². The standard InChI is InChI=1S/C23H38N2O2/c1-5-25(6-2)21(27)18-9-8-16-15-7-10-19-23(4,14-12-20(26)24-19)17(15)11-13-22(16,18)3/h15-19H,5-14H2,1-4H3,(H,24,26). The lowest BCUT2D eigenvalue weighted by Gasteiger charge is -2.60. The first-order valence-corrected chi connectivity index (χ1v) is 11.4. The molecule has 1 N–H and O–H groups in total. The van der Waals surface area contributed by atoms with Gasteiger partial charge in [0.2, 0.25) is 11.8 Å². The normalized spacial score (nSPS) is 46.1. The summed E-state index contributed by atoms with van der Waals surface area (Å²) in [4.78, 5) is 27.2. The van der Waals surface area contributed by atoms with Crippen molar-refractivity contribution in [2.24, 2.45) is 34.5 Å². The summed E-state index contributed by atoms with van der Waals surface area (Å²) < 4.78 is 0. The maximum Gasteiger partial charge on any atom is 0.226 e. The Hall–Kier alpha value is -1.06. The number of carbonyl (C=O) groups excluding carboxylic acids is 2. The first kappa shape index (κ1) is 19.3. The molecule has 1 aliphatic heterocycles. The molecular weight excluding hydrogens is 336 g/mol. The van der Waals surface area contributed by atoms with E-state index in [1.54, 1.807) is 0 Å². The van der Waals surface area contributed by atoms with Crippen LogP contribution in [0.2, 0.25) is 0 Å². The lowest BCUT2D eigenvalue weighted by Crippen LogP contribution is -2.61. The van der Waals surface area contributed by atoms with Crippen molar-refractivity contribution in [1.29, 1.82) is 0 Å². The fraction of sp³-hybridized carbons (Fsp3) is 0.913. The third kappa shape index (κ3) is 2.76. The summed E-state index contributed by atoms with van der Waals surface area (Å²) in [5.41, 5.74) is 0.446. The Morgan fingerprint density at radius 3 is 2.41 bits per heavy atom. The van der Waals surface area contributed by atoms with Crippen molar-refractivity contribution < 1.29 is 9.59 Å². The molecule has 27 heavy (non-hydrogen) atoms. The van der Waals surface area contributed by atoms with Crippen molar-refractivity contribution in [1.82, 2.24) is 10.2 Å². The molecule has 4 fully saturated rings. The van der Waals surface area contributed by atoms with E-state index in [4.69, 9.17) is 0 Å². The van der Waals surface area contributed by atoms with Crippen LogP contribution in [0, 0.1) is 34.5 Å². The van der Waals surface area contributed by atoms with Crippen LogP contribution < -0.4 is 5.32 Å². The molecule has 4 rings (SSSR count). The molecule has 0 bridgehead atoms. The number of nitrogens with one attached hydrogen (secondary N) is 1. The van der Waals surface area contributed by atoms with E-state index in [9.17, 15) is 9.59 Å². The van der Waals surface area contributed by atoms with Gasteiger partial charge in [-0.15, -0.1) is 0 Å². The average Bonchev–Trinajstić information content (AvgIpc) is 3.00. The smallest absolute Gasteiger partial charge is 0.226 e. The number of fused-ring (bicyclic) bond motifs is 5. The molecule has 2 amide bonds. The molecule has 0 spiro atoms. The Kier molecular flexibility index (Phi) is 4.83. The van der Waals surface area contributed by atoms with Crippen molar-refractivity contribution in [3.63, 3.8) is 0 Å². The molecule has 4 heteroatoms. The van der Waals surface area contributed by atoms with E-state index in [0.717, 1.165) is 44.2 Å². The van der Waals surface area contributed by atoms with Crippen molar-refractivity contribution in [2.75, 3.05) is 13.1 Å². The number of piperidine rings is 1. The van der Waals surface area contributed by atoms with Crippen LogP contribution in [0.15, 0.2) is 0 Å². The number of rotatable bonds is 3. The van der Waals surface area contributed by atoms with Gasteiger partial charge in [0.15, 0.2) is 0 Å². The van der Waals surface area contributed by atoms with Crippen molar-refractivity contribution >= 4 is 11.8 Å². The Morgan fingerprint density at radius 1 is 1.00 bits per heavy atom. The molecular formula is C23H38N2O2. The zero-order valence-electron chi connectivity index (χ0n) is 17.7. The molecule has 4 aliphatic rings. The number of carbonyl (C=O) groups is 2. The molecule has 0 aromatic heterocycles. The average molecular weight is 375 g/mol. The minimum absolute atomic E-state index is 0.182. The highest BCUT2D eigenvalue weighted by Crippen LogP contribution is 2.65. The molecule has 7 unspecified atom stereocenters. The molecule has 0 aromatic carbocycles. The van der Waals surface area contributed by atoms with Crippen LogP contribution >= 0.6 is 0 Å². The summed E-state index contributed by atoms with van der Waals surface area (Å²) >= 11 is 0. The highest BCUT2D eigenvalue weighted by atomic mass is 16.2. The maximum atomic E-state index is 13.2. The monoisotopic (exact) mass is 374 g/mol. The summed E-state index contributed by atoms with van der Waals surface area (Å²) in [6.07, 6.45) is 8.84. The van der Waals surface area contributed by atoms with E-state index < -0.39 is 0 Å². The lowest BCUT2D eigenvalue weighted by molar-refractivity contribution is -0.147. The Balaban J connectivity index is 1.57. The molecule has 1 heterocycles. The fourth-order valence-electron chi connectivity index (χ4n) is 7.86. The highest BCUT2D eigenvalue weighted by molar-refractivity contribution is 5.80. The predicted molar refractivity (Wildman–Crippen MR) is 107 cm³/mol. The van der Waals surface area contributed by atoms with Crippen LogP contribution in [0.1, 0.15) is 79.1 Å². The van der Waals surface area contributed by atoms with Gasteiger partial charge in [-0.1, -0.05) is 13.8 Å². The van der Waals surface area contributed by atoms with Gasteiger partial charge in [0.1, 0.15) is 0 Å². The quantitative estimate of drug-likeness (QED) is 0.812. The summed E-state index contributed by atoms with van der Waals surface area (Å²) in [6, 6.07) is 0.374. The second-order valence-electron chi connectivity index (χ2n) is 10.3. The van der Waals surface area contributed by atoms with Gasteiger partial charge in [0.25, 0.3) is 0 Å². The van der Waals surface area contributed by atoms with Gasteiger partial charge < -0.3 is 10.2 Å². The number of hydrogen-bond donors (Lipinski definition) is 1. The summed E-state index contributed by atoms with van der Waals surface area (Å²) in [5.74, 6) is 3.04. The van der Waals surface area contributed by atoms with Crippen LogP contribution in [0.5, 0.6) is 0 Å². The lowest BCUT2D eigenvalue weighted by atomic mass is 9.47. The first-order valence-electron chi connectivity index (χ1n) is 11.4. The molecule has 3 saturated carbocycles. The van der Waals surface area contributed by atoms with Crippen molar-refractivity contribution in [3.8, 4) is 0 Å². The molecule has 1 saturated heterocycles. The Bertz CT molecular complexity index is 615. The van der Waals surface area contributed by atoms with Crippen molar-refractivity contribution in [3.05, 3.63) is 0 Å². The SMILES string of the molecule is CCN(CC)C(=O)C1CCC2C3CCC4NC(=O)CCC4(C)C3CCC12C. The van der Waals surface area contributed by atoms with Crippen molar-refractivity contribution in [2.45, 2.75) is 85.1 Å². The van der Waals surface area contributed by atoms with Crippen LogP contribution in [0.25, 0.3) is 0 Å². The van der Waals surface area contributed by atoms with Gasteiger partial charge in [-0.3, -0.25) is 9.59 Å². The Labute approximate surface area is 164 Å². The molecule has 0 radical (unpaired) electrons. The van der Waals surface area contributed by atoms with E-state index in [1.807, 2.05) is 0 Å². The zero-order valence-corrected chi connectivity index (χ0v) is 17.7.